The van der Waals surface area contributed by atoms with Crippen molar-refractivity contribution >= 4 is 23.4 Å². The summed E-state index contributed by atoms with van der Waals surface area (Å²) in [6.45, 7) is 0. The first kappa shape index (κ1) is 13.4. The van der Waals surface area contributed by atoms with Gasteiger partial charge in [-0.3, -0.25) is 0 Å². The highest BCUT2D eigenvalue weighted by molar-refractivity contribution is 7.98. The van der Waals surface area contributed by atoms with Crippen molar-refractivity contribution in [1.29, 1.82) is 0 Å². The maximum Gasteiger partial charge on any atom is 0.126 e. The SMILES string of the molecule is Fc1cc(F)cc(CSc2ccc(CCl)cc2)c1. The Bertz CT molecular complexity index is 506. The Labute approximate surface area is 114 Å². The van der Waals surface area contributed by atoms with E-state index >= 15 is 0 Å². The standard InChI is InChI=1S/C14H11ClF2S/c15-8-10-1-3-14(4-2-10)18-9-11-5-12(16)7-13(17)6-11/h1-7H,8-9H2. The zero-order valence-corrected chi connectivity index (χ0v) is 11.1. The molecule has 0 atom stereocenters. The van der Waals surface area contributed by atoms with E-state index in [9.17, 15) is 8.78 Å². The Kier molecular flexibility index (Phi) is 4.61. The maximum absolute atomic E-state index is 13.0. The molecule has 94 valence electrons. The molecule has 2 aromatic rings. The molecule has 0 spiro atoms. The van der Waals surface area contributed by atoms with Crippen LogP contribution in [-0.2, 0) is 11.6 Å². The molecule has 0 radical (unpaired) electrons. The third-order valence-electron chi connectivity index (χ3n) is 2.41. The maximum atomic E-state index is 13.0. The number of hydrogen-bond donors (Lipinski definition) is 0. The summed E-state index contributed by atoms with van der Waals surface area (Å²) in [5.41, 5.74) is 1.69. The summed E-state index contributed by atoms with van der Waals surface area (Å²) < 4.78 is 26.0. The smallest absolute Gasteiger partial charge is 0.126 e. The monoisotopic (exact) mass is 284 g/mol. The minimum Gasteiger partial charge on any atom is -0.207 e. The zero-order chi connectivity index (χ0) is 13.0. The van der Waals surface area contributed by atoms with Crippen LogP contribution in [0.2, 0.25) is 0 Å². The minimum atomic E-state index is -0.539. The van der Waals surface area contributed by atoms with E-state index < -0.39 is 11.6 Å². The van der Waals surface area contributed by atoms with Gasteiger partial charge in [-0.25, -0.2) is 8.78 Å². The minimum absolute atomic E-state index is 0.486. The summed E-state index contributed by atoms with van der Waals surface area (Å²) in [5, 5.41) is 0. The van der Waals surface area contributed by atoms with Crippen molar-refractivity contribution in [3.05, 3.63) is 65.2 Å². The van der Waals surface area contributed by atoms with Crippen LogP contribution in [0.1, 0.15) is 11.1 Å². The molecule has 0 aliphatic carbocycles. The van der Waals surface area contributed by atoms with Gasteiger partial charge in [-0.05, 0) is 35.4 Å². The average Bonchev–Trinajstić information content (AvgIpc) is 2.36. The Morgan fingerprint density at radius 3 is 2.06 bits per heavy atom. The van der Waals surface area contributed by atoms with E-state index in [0.717, 1.165) is 16.5 Å². The predicted octanol–water partition coefficient (Wildman–Crippen LogP) is 5.00. The van der Waals surface area contributed by atoms with Crippen LogP contribution < -0.4 is 0 Å². The highest BCUT2D eigenvalue weighted by Gasteiger charge is 2.02. The molecule has 0 aromatic heterocycles. The molecular weight excluding hydrogens is 274 g/mol. The van der Waals surface area contributed by atoms with E-state index in [1.165, 1.54) is 23.9 Å². The van der Waals surface area contributed by atoms with E-state index in [-0.39, 0.29) is 0 Å². The summed E-state index contributed by atoms with van der Waals surface area (Å²) in [4.78, 5) is 1.05. The van der Waals surface area contributed by atoms with Gasteiger partial charge in [-0.1, -0.05) is 12.1 Å². The van der Waals surface area contributed by atoms with Crippen molar-refractivity contribution < 1.29 is 8.78 Å². The summed E-state index contributed by atoms with van der Waals surface area (Å²) in [5.74, 6) is -0.0548. The zero-order valence-electron chi connectivity index (χ0n) is 9.50. The second-order valence-electron chi connectivity index (χ2n) is 3.84. The molecule has 0 heterocycles. The number of rotatable bonds is 4. The number of benzene rings is 2. The Balaban J connectivity index is 2.01. The second kappa shape index (κ2) is 6.21. The molecule has 0 nitrogen and oxygen atoms in total. The molecule has 4 heteroatoms. The molecule has 0 fully saturated rings. The number of thioether (sulfide) groups is 1. The van der Waals surface area contributed by atoms with E-state index in [1.54, 1.807) is 0 Å². The molecular formula is C14H11ClF2S. The molecule has 2 rings (SSSR count). The van der Waals surface area contributed by atoms with Crippen LogP contribution >= 0.6 is 23.4 Å². The van der Waals surface area contributed by atoms with E-state index in [4.69, 9.17) is 11.6 Å². The van der Waals surface area contributed by atoms with Crippen LogP contribution in [0.15, 0.2) is 47.4 Å². The Hall–Kier alpha value is -1.06. The van der Waals surface area contributed by atoms with Gasteiger partial charge in [0, 0.05) is 22.6 Å². The lowest BCUT2D eigenvalue weighted by Crippen LogP contribution is -1.86. The van der Waals surface area contributed by atoms with E-state index in [0.29, 0.717) is 17.2 Å². The highest BCUT2D eigenvalue weighted by atomic mass is 35.5. The Morgan fingerprint density at radius 2 is 1.50 bits per heavy atom. The number of hydrogen-bond acceptors (Lipinski definition) is 1. The van der Waals surface area contributed by atoms with Crippen LogP contribution in [0.5, 0.6) is 0 Å². The molecule has 0 aliphatic rings. The fourth-order valence-corrected chi connectivity index (χ4v) is 2.54. The third-order valence-corrected chi connectivity index (χ3v) is 3.80. The van der Waals surface area contributed by atoms with Gasteiger partial charge in [-0.15, -0.1) is 23.4 Å². The lowest BCUT2D eigenvalue weighted by Gasteiger charge is -2.03. The highest BCUT2D eigenvalue weighted by Crippen LogP contribution is 2.24. The van der Waals surface area contributed by atoms with Crippen molar-refractivity contribution in [1.82, 2.24) is 0 Å². The van der Waals surface area contributed by atoms with Crippen molar-refractivity contribution in [2.75, 3.05) is 0 Å². The molecule has 0 N–H and O–H groups in total. The van der Waals surface area contributed by atoms with Gasteiger partial charge in [-0.2, -0.15) is 0 Å². The van der Waals surface area contributed by atoms with Gasteiger partial charge in [0.25, 0.3) is 0 Å². The first-order chi connectivity index (χ1) is 8.67. The van der Waals surface area contributed by atoms with Gasteiger partial charge >= 0.3 is 0 Å². The van der Waals surface area contributed by atoms with Gasteiger partial charge in [0.05, 0.1) is 0 Å². The van der Waals surface area contributed by atoms with Crippen LogP contribution in [0, 0.1) is 11.6 Å². The average molecular weight is 285 g/mol. The third kappa shape index (κ3) is 3.72. The van der Waals surface area contributed by atoms with Crippen molar-refractivity contribution in [3.8, 4) is 0 Å². The lowest BCUT2D eigenvalue weighted by molar-refractivity contribution is 0.581. The molecule has 0 bridgehead atoms. The van der Waals surface area contributed by atoms with E-state index in [2.05, 4.69) is 0 Å². The number of halogens is 3. The van der Waals surface area contributed by atoms with Crippen LogP contribution in [-0.4, -0.2) is 0 Å². The summed E-state index contributed by atoms with van der Waals surface area (Å²) in [6.07, 6.45) is 0. The first-order valence-corrected chi connectivity index (χ1v) is 6.92. The van der Waals surface area contributed by atoms with Crippen molar-refractivity contribution in [2.24, 2.45) is 0 Å². The van der Waals surface area contributed by atoms with Crippen molar-refractivity contribution in [3.63, 3.8) is 0 Å². The van der Waals surface area contributed by atoms with Gasteiger partial charge < -0.3 is 0 Å². The lowest BCUT2D eigenvalue weighted by atomic mass is 10.2. The largest absolute Gasteiger partial charge is 0.207 e. The normalized spacial score (nSPS) is 10.6. The molecule has 0 saturated carbocycles. The molecule has 0 saturated heterocycles. The van der Waals surface area contributed by atoms with Crippen molar-refractivity contribution in [2.45, 2.75) is 16.5 Å². The van der Waals surface area contributed by atoms with Gasteiger partial charge in [0.2, 0.25) is 0 Å². The molecule has 0 amide bonds. The van der Waals surface area contributed by atoms with E-state index in [1.807, 2.05) is 24.3 Å². The molecule has 0 unspecified atom stereocenters. The Morgan fingerprint density at radius 1 is 0.889 bits per heavy atom. The summed E-state index contributed by atoms with van der Waals surface area (Å²) in [6, 6.07) is 11.4. The van der Waals surface area contributed by atoms with Gasteiger partial charge in [0.15, 0.2) is 0 Å². The van der Waals surface area contributed by atoms with Crippen LogP contribution in [0.25, 0.3) is 0 Å². The quantitative estimate of drug-likeness (QED) is 0.563. The summed E-state index contributed by atoms with van der Waals surface area (Å²) in [7, 11) is 0. The first-order valence-electron chi connectivity index (χ1n) is 5.40. The fraction of sp³-hybridized carbons (Fsp3) is 0.143. The predicted molar refractivity (Wildman–Crippen MR) is 71.9 cm³/mol. The van der Waals surface area contributed by atoms with Gasteiger partial charge in [0.1, 0.15) is 11.6 Å². The molecule has 2 aromatic carbocycles. The van der Waals surface area contributed by atoms with Crippen LogP contribution in [0.3, 0.4) is 0 Å². The summed E-state index contributed by atoms with van der Waals surface area (Å²) >= 11 is 7.23. The van der Waals surface area contributed by atoms with Crippen LogP contribution in [0.4, 0.5) is 8.78 Å². The number of alkyl halides is 1. The molecule has 18 heavy (non-hydrogen) atoms. The topological polar surface area (TPSA) is 0 Å². The molecule has 0 aliphatic heterocycles. The second-order valence-corrected chi connectivity index (χ2v) is 5.16. The fourth-order valence-electron chi connectivity index (χ4n) is 1.54.